The van der Waals surface area contributed by atoms with Crippen LogP contribution in [0.2, 0.25) is 0 Å². The summed E-state index contributed by atoms with van der Waals surface area (Å²) in [5.74, 6) is 0. The van der Waals surface area contributed by atoms with Crippen LogP contribution in [0.3, 0.4) is 0 Å². The van der Waals surface area contributed by atoms with Gasteiger partial charge in [0.15, 0.2) is 0 Å². The van der Waals surface area contributed by atoms with E-state index in [2.05, 4.69) is 29.8 Å². The van der Waals surface area contributed by atoms with Gasteiger partial charge >= 0.3 is 0 Å². The van der Waals surface area contributed by atoms with Crippen molar-refractivity contribution in [3.8, 4) is 0 Å². The van der Waals surface area contributed by atoms with Gasteiger partial charge in [-0.3, -0.25) is 4.57 Å². The van der Waals surface area contributed by atoms with Crippen molar-refractivity contribution in [1.82, 2.24) is 0 Å². The quantitative estimate of drug-likeness (QED) is 0.654. The lowest BCUT2D eigenvalue weighted by molar-refractivity contribution is -0.894. The van der Waals surface area contributed by atoms with Crippen LogP contribution >= 0.6 is 7.82 Å². The van der Waals surface area contributed by atoms with Crippen LogP contribution in [0.25, 0.3) is 0 Å². The summed E-state index contributed by atoms with van der Waals surface area (Å²) in [6.07, 6.45) is 0. The largest absolute Gasteiger partial charge is 0.756 e. The average Bonchev–Trinajstić information content (AvgIpc) is 2.21. The molecule has 88 valence electrons. The summed E-state index contributed by atoms with van der Waals surface area (Å²) >= 11 is 0. The van der Waals surface area contributed by atoms with Gasteiger partial charge in [0.25, 0.3) is 7.82 Å². The molecule has 0 saturated carbocycles. The molecule has 6 heteroatoms. The van der Waals surface area contributed by atoms with Crippen molar-refractivity contribution in [2.75, 3.05) is 33.9 Å². The molecule has 0 rings (SSSR count). The van der Waals surface area contributed by atoms with Gasteiger partial charge in [0.1, 0.15) is 0 Å². The molecule has 0 aromatic rings. The molecule has 0 aromatic heterocycles. The first-order chi connectivity index (χ1) is 6.47. The first-order valence-electron chi connectivity index (χ1n) is 4.73. The fraction of sp³-hybridized carbons (Fsp3) is 1.00. The van der Waals surface area contributed by atoms with Gasteiger partial charge in [-0.05, 0) is 20.8 Å². The van der Waals surface area contributed by atoms with Crippen molar-refractivity contribution in [2.45, 2.75) is 20.8 Å². The number of hydrogen-bond acceptors (Lipinski definition) is 4. The van der Waals surface area contributed by atoms with Gasteiger partial charge in [-0.15, -0.1) is 0 Å². The van der Waals surface area contributed by atoms with Crippen LogP contribution in [0.4, 0.5) is 0 Å². The topological polar surface area (TPSA) is 63.0 Å². The van der Waals surface area contributed by atoms with Crippen LogP contribution in [-0.4, -0.2) is 33.9 Å². The van der Waals surface area contributed by atoms with Gasteiger partial charge in [0.2, 0.25) is 0 Å². The number of quaternary nitrogens is 1. The molecule has 0 amide bonds. The molecule has 14 heavy (non-hydrogen) atoms. The molecular formula is C8H22NO4P. The van der Waals surface area contributed by atoms with Gasteiger partial charge in [0.05, 0.1) is 19.6 Å². The van der Waals surface area contributed by atoms with Crippen LogP contribution in [0.1, 0.15) is 20.8 Å². The summed E-state index contributed by atoms with van der Waals surface area (Å²) in [7, 11) is -1.83. The maximum Gasteiger partial charge on any atom is 0.267 e. The Bertz CT molecular complexity index is 148. The average molecular weight is 227 g/mol. The third-order valence-electron chi connectivity index (χ3n) is 1.95. The first kappa shape index (κ1) is 16.5. The van der Waals surface area contributed by atoms with E-state index < -0.39 is 7.82 Å². The van der Waals surface area contributed by atoms with Crippen molar-refractivity contribution in [1.29, 1.82) is 0 Å². The molecule has 0 spiro atoms. The third-order valence-corrected chi connectivity index (χ3v) is 2.84. The standard InChI is InChI=1S/C6H15N.C2H7O4P/c1-4-7(5-2)6-3;1-5-7(3,4)6-2/h4-6H2,1-3H3;1-2H3,(H,3,4). The number of rotatable bonds is 5. The Morgan fingerprint density at radius 3 is 1.36 bits per heavy atom. The van der Waals surface area contributed by atoms with E-state index in [-0.39, 0.29) is 0 Å². The molecule has 0 aliphatic heterocycles. The van der Waals surface area contributed by atoms with Crippen molar-refractivity contribution >= 4 is 7.82 Å². The highest BCUT2D eigenvalue weighted by atomic mass is 31.2. The summed E-state index contributed by atoms with van der Waals surface area (Å²) in [4.78, 5) is 11.6. The molecule has 0 fully saturated rings. The van der Waals surface area contributed by atoms with Crippen LogP contribution < -0.4 is 9.79 Å². The minimum absolute atomic E-state index is 1.04. The zero-order chi connectivity index (χ0) is 11.6. The molecule has 0 aromatic carbocycles. The molecule has 0 unspecified atom stereocenters. The van der Waals surface area contributed by atoms with Crippen molar-refractivity contribution in [2.24, 2.45) is 0 Å². The van der Waals surface area contributed by atoms with Crippen LogP contribution in [0, 0.1) is 0 Å². The van der Waals surface area contributed by atoms with Gasteiger partial charge in [-0.1, -0.05) is 0 Å². The second kappa shape index (κ2) is 9.62. The second-order valence-corrected chi connectivity index (χ2v) is 4.25. The van der Waals surface area contributed by atoms with E-state index >= 15 is 0 Å². The van der Waals surface area contributed by atoms with Crippen molar-refractivity contribution in [3.63, 3.8) is 0 Å². The maximum absolute atomic E-state index is 9.95. The molecule has 0 bridgehead atoms. The van der Waals surface area contributed by atoms with Crippen LogP contribution in [0.15, 0.2) is 0 Å². The Kier molecular flexibility index (Phi) is 11.3. The van der Waals surface area contributed by atoms with E-state index in [9.17, 15) is 9.46 Å². The minimum Gasteiger partial charge on any atom is -0.756 e. The Morgan fingerprint density at radius 1 is 1.07 bits per heavy atom. The SMILES string of the molecule is CC[NH+](CC)CC.COP(=O)([O-])OC. The van der Waals surface area contributed by atoms with Gasteiger partial charge < -0.3 is 18.8 Å². The lowest BCUT2D eigenvalue weighted by atomic mass is 10.5. The number of phosphoric ester groups is 1. The summed E-state index contributed by atoms with van der Waals surface area (Å²) in [5.41, 5.74) is 0. The number of hydrogen-bond donors (Lipinski definition) is 1. The van der Waals surface area contributed by atoms with E-state index in [0.29, 0.717) is 0 Å². The van der Waals surface area contributed by atoms with E-state index in [0.717, 1.165) is 14.2 Å². The lowest BCUT2D eigenvalue weighted by Crippen LogP contribution is -3.11. The molecule has 5 nitrogen and oxygen atoms in total. The van der Waals surface area contributed by atoms with Crippen molar-refractivity contribution in [3.05, 3.63) is 0 Å². The van der Waals surface area contributed by atoms with E-state index in [1.807, 2.05) is 0 Å². The Morgan fingerprint density at radius 2 is 1.36 bits per heavy atom. The summed E-state index contributed by atoms with van der Waals surface area (Å²) in [5, 5.41) is 0. The van der Waals surface area contributed by atoms with E-state index in [1.54, 1.807) is 4.90 Å². The molecule has 0 heterocycles. The van der Waals surface area contributed by atoms with Crippen LogP contribution in [0.5, 0.6) is 0 Å². The zero-order valence-corrected chi connectivity index (χ0v) is 10.6. The Hall–Kier alpha value is 0.0700. The monoisotopic (exact) mass is 227 g/mol. The fourth-order valence-electron chi connectivity index (χ4n) is 0.825. The van der Waals surface area contributed by atoms with Gasteiger partial charge in [-0.25, -0.2) is 0 Å². The minimum atomic E-state index is -3.90. The molecule has 0 aliphatic rings. The highest BCUT2D eigenvalue weighted by Crippen LogP contribution is 2.34. The predicted octanol–water partition coefficient (Wildman–Crippen LogP) is -0.321. The fourth-order valence-corrected chi connectivity index (χ4v) is 0.974. The second-order valence-electron chi connectivity index (χ2n) is 2.62. The molecule has 0 saturated heterocycles. The summed E-state index contributed by atoms with van der Waals surface area (Å²) < 4.78 is 17.7. The molecule has 0 aliphatic carbocycles. The predicted molar refractivity (Wildman–Crippen MR) is 54.2 cm³/mol. The van der Waals surface area contributed by atoms with Crippen LogP contribution in [-0.2, 0) is 13.6 Å². The molecule has 1 N–H and O–H groups in total. The number of phosphoric acid groups is 1. The highest BCUT2D eigenvalue weighted by Gasteiger charge is 1.98. The summed E-state index contributed by atoms with van der Waals surface area (Å²) in [6.45, 7) is 10.5. The number of nitrogens with one attached hydrogen (secondary N) is 1. The Balaban J connectivity index is 0. The lowest BCUT2D eigenvalue weighted by Gasteiger charge is -2.16. The maximum atomic E-state index is 9.95. The first-order valence-corrected chi connectivity index (χ1v) is 6.19. The molecular weight excluding hydrogens is 205 g/mol. The normalized spacial score (nSPS) is 11.1. The molecule has 0 atom stereocenters. The zero-order valence-electron chi connectivity index (χ0n) is 9.70. The molecule has 0 radical (unpaired) electrons. The third kappa shape index (κ3) is 10.2. The summed E-state index contributed by atoms with van der Waals surface area (Å²) in [6, 6.07) is 0. The smallest absolute Gasteiger partial charge is 0.267 e. The van der Waals surface area contributed by atoms with E-state index in [1.165, 1.54) is 19.6 Å². The van der Waals surface area contributed by atoms with Crippen molar-refractivity contribution < 1.29 is 23.4 Å². The Labute approximate surface area is 86.6 Å². The highest BCUT2D eigenvalue weighted by molar-refractivity contribution is 7.45. The van der Waals surface area contributed by atoms with Gasteiger partial charge in [0, 0.05) is 14.2 Å². The van der Waals surface area contributed by atoms with Gasteiger partial charge in [-0.2, -0.15) is 0 Å². The van der Waals surface area contributed by atoms with E-state index in [4.69, 9.17) is 0 Å².